The summed E-state index contributed by atoms with van der Waals surface area (Å²) in [6.45, 7) is 6.20. The quantitative estimate of drug-likeness (QED) is 0.745. The first-order valence-electron chi connectivity index (χ1n) is 7.28. The highest BCUT2D eigenvalue weighted by Crippen LogP contribution is 2.29. The van der Waals surface area contributed by atoms with Gasteiger partial charge in [0.1, 0.15) is 0 Å². The van der Waals surface area contributed by atoms with Gasteiger partial charge in [-0.05, 0) is 46.6 Å². The van der Waals surface area contributed by atoms with Gasteiger partial charge in [-0.2, -0.15) is 5.10 Å². The van der Waals surface area contributed by atoms with Crippen molar-refractivity contribution in [2.75, 3.05) is 6.54 Å². The molecule has 0 aliphatic carbocycles. The van der Waals surface area contributed by atoms with Crippen molar-refractivity contribution in [2.24, 2.45) is 7.05 Å². The summed E-state index contributed by atoms with van der Waals surface area (Å²) in [4.78, 5) is 1.29. The lowest BCUT2D eigenvalue weighted by Gasteiger charge is -2.06. The Balaban J connectivity index is 1.98. The number of aryl methyl sites for hydroxylation is 2. The summed E-state index contributed by atoms with van der Waals surface area (Å²) >= 11 is 5.52. The Morgan fingerprint density at radius 3 is 2.52 bits per heavy atom. The molecule has 0 aliphatic heterocycles. The normalized spacial score (nSPS) is 11.0. The number of halogens is 1. The standard InChI is InChI=1S/C16H22BrN3S/c1-4-14-16(17)15(20(3)19-14)11-21-13-8-6-12(7-9-13)10-18-5-2/h6-9,18H,4-5,10-11H2,1-3H3. The molecular formula is C16H22BrN3S. The fraction of sp³-hybridized carbons (Fsp3) is 0.438. The van der Waals surface area contributed by atoms with Gasteiger partial charge in [0.15, 0.2) is 0 Å². The van der Waals surface area contributed by atoms with Crippen molar-refractivity contribution in [1.29, 1.82) is 0 Å². The molecule has 0 saturated carbocycles. The predicted octanol–water partition coefficient (Wildman–Crippen LogP) is 4.15. The first-order chi connectivity index (χ1) is 10.2. The van der Waals surface area contributed by atoms with Crippen molar-refractivity contribution in [3.05, 3.63) is 45.7 Å². The van der Waals surface area contributed by atoms with E-state index in [0.717, 1.165) is 35.4 Å². The molecule has 2 rings (SSSR count). The van der Waals surface area contributed by atoms with E-state index in [1.54, 1.807) is 0 Å². The zero-order valence-electron chi connectivity index (χ0n) is 12.8. The van der Waals surface area contributed by atoms with Crippen molar-refractivity contribution < 1.29 is 0 Å². The molecule has 3 nitrogen and oxygen atoms in total. The Labute approximate surface area is 139 Å². The first-order valence-corrected chi connectivity index (χ1v) is 9.06. The summed E-state index contributed by atoms with van der Waals surface area (Å²) in [5.74, 6) is 0.927. The minimum absolute atomic E-state index is 0.927. The molecule has 1 N–H and O–H groups in total. The predicted molar refractivity (Wildman–Crippen MR) is 93.7 cm³/mol. The van der Waals surface area contributed by atoms with E-state index < -0.39 is 0 Å². The molecule has 2 aromatic rings. The molecule has 1 aromatic heterocycles. The second kappa shape index (κ2) is 8.01. The van der Waals surface area contributed by atoms with Crippen LogP contribution in [-0.4, -0.2) is 16.3 Å². The van der Waals surface area contributed by atoms with E-state index in [-0.39, 0.29) is 0 Å². The van der Waals surface area contributed by atoms with Gasteiger partial charge < -0.3 is 5.32 Å². The van der Waals surface area contributed by atoms with E-state index in [4.69, 9.17) is 0 Å². The van der Waals surface area contributed by atoms with Gasteiger partial charge in [-0.1, -0.05) is 26.0 Å². The molecule has 1 heterocycles. The number of hydrogen-bond donors (Lipinski definition) is 1. The molecule has 1 aromatic carbocycles. The maximum absolute atomic E-state index is 4.54. The second-order valence-corrected chi connectivity index (χ2v) is 6.74. The summed E-state index contributed by atoms with van der Waals surface area (Å²) < 4.78 is 3.14. The van der Waals surface area contributed by atoms with Crippen LogP contribution in [0.2, 0.25) is 0 Å². The fourth-order valence-electron chi connectivity index (χ4n) is 2.10. The number of benzene rings is 1. The zero-order valence-corrected chi connectivity index (χ0v) is 15.2. The fourth-order valence-corrected chi connectivity index (χ4v) is 4.01. The van der Waals surface area contributed by atoms with Gasteiger partial charge in [0.05, 0.1) is 15.9 Å². The first kappa shape index (κ1) is 16.6. The largest absolute Gasteiger partial charge is 0.313 e. The van der Waals surface area contributed by atoms with Crippen LogP contribution >= 0.6 is 27.7 Å². The maximum atomic E-state index is 4.54. The molecule has 0 atom stereocenters. The minimum atomic E-state index is 0.927. The second-order valence-electron chi connectivity index (χ2n) is 4.90. The monoisotopic (exact) mass is 367 g/mol. The zero-order chi connectivity index (χ0) is 15.2. The average Bonchev–Trinajstić information content (AvgIpc) is 2.78. The van der Waals surface area contributed by atoms with Crippen LogP contribution in [-0.2, 0) is 25.8 Å². The lowest BCUT2D eigenvalue weighted by Crippen LogP contribution is -2.11. The van der Waals surface area contributed by atoms with Crippen LogP contribution in [0.3, 0.4) is 0 Å². The average molecular weight is 368 g/mol. The van der Waals surface area contributed by atoms with Gasteiger partial charge >= 0.3 is 0 Å². The molecule has 5 heteroatoms. The van der Waals surface area contributed by atoms with Crippen molar-refractivity contribution in [2.45, 2.75) is 37.5 Å². The van der Waals surface area contributed by atoms with E-state index in [9.17, 15) is 0 Å². The Bertz CT molecular complexity index is 578. The van der Waals surface area contributed by atoms with E-state index in [1.165, 1.54) is 16.2 Å². The topological polar surface area (TPSA) is 29.9 Å². The van der Waals surface area contributed by atoms with Crippen LogP contribution < -0.4 is 5.32 Å². The van der Waals surface area contributed by atoms with Crippen LogP contribution in [0.15, 0.2) is 33.6 Å². The van der Waals surface area contributed by atoms with Crippen LogP contribution in [0, 0.1) is 0 Å². The molecule has 0 saturated heterocycles. The Morgan fingerprint density at radius 2 is 1.95 bits per heavy atom. The Morgan fingerprint density at radius 1 is 1.24 bits per heavy atom. The third-order valence-electron chi connectivity index (χ3n) is 3.38. The number of thioether (sulfide) groups is 1. The molecule has 0 amide bonds. The minimum Gasteiger partial charge on any atom is -0.313 e. The van der Waals surface area contributed by atoms with Crippen molar-refractivity contribution in [3.8, 4) is 0 Å². The van der Waals surface area contributed by atoms with Crippen LogP contribution in [0.5, 0.6) is 0 Å². The molecule has 0 fully saturated rings. The molecule has 0 bridgehead atoms. The van der Waals surface area contributed by atoms with Crippen LogP contribution in [0.4, 0.5) is 0 Å². The van der Waals surface area contributed by atoms with Crippen molar-refractivity contribution >= 4 is 27.7 Å². The molecule has 114 valence electrons. The van der Waals surface area contributed by atoms with E-state index in [2.05, 4.69) is 64.5 Å². The molecular weight excluding hydrogens is 346 g/mol. The van der Waals surface area contributed by atoms with Gasteiger partial charge in [0.2, 0.25) is 0 Å². The van der Waals surface area contributed by atoms with Gasteiger partial charge in [-0.25, -0.2) is 0 Å². The maximum Gasteiger partial charge on any atom is 0.0767 e. The number of aromatic nitrogens is 2. The number of hydrogen-bond acceptors (Lipinski definition) is 3. The SMILES string of the molecule is CCNCc1ccc(SCc2c(Br)c(CC)nn2C)cc1. The number of nitrogens with zero attached hydrogens (tertiary/aromatic N) is 2. The van der Waals surface area contributed by atoms with E-state index >= 15 is 0 Å². The van der Waals surface area contributed by atoms with Gasteiger partial charge in [-0.3, -0.25) is 4.68 Å². The highest BCUT2D eigenvalue weighted by molar-refractivity contribution is 9.10. The van der Waals surface area contributed by atoms with Crippen LogP contribution in [0.25, 0.3) is 0 Å². The van der Waals surface area contributed by atoms with Gasteiger partial charge in [0, 0.05) is 24.2 Å². The Hall–Kier alpha value is -0.780. The van der Waals surface area contributed by atoms with E-state index in [0.29, 0.717) is 0 Å². The summed E-state index contributed by atoms with van der Waals surface area (Å²) in [6, 6.07) is 8.78. The van der Waals surface area contributed by atoms with Gasteiger partial charge in [-0.15, -0.1) is 11.8 Å². The summed E-state index contributed by atoms with van der Waals surface area (Å²) in [7, 11) is 2.01. The highest BCUT2D eigenvalue weighted by atomic mass is 79.9. The molecule has 21 heavy (non-hydrogen) atoms. The van der Waals surface area contributed by atoms with E-state index in [1.807, 2.05) is 23.5 Å². The van der Waals surface area contributed by atoms with Crippen LogP contribution in [0.1, 0.15) is 30.8 Å². The number of nitrogens with one attached hydrogen (secondary N) is 1. The lowest BCUT2D eigenvalue weighted by atomic mass is 10.2. The summed E-state index contributed by atoms with van der Waals surface area (Å²) in [6.07, 6.45) is 0.957. The van der Waals surface area contributed by atoms with Crippen molar-refractivity contribution in [1.82, 2.24) is 15.1 Å². The molecule has 0 aliphatic rings. The summed E-state index contributed by atoms with van der Waals surface area (Å²) in [5, 5.41) is 7.88. The number of rotatable bonds is 7. The molecule has 0 unspecified atom stereocenters. The Kier molecular flexibility index (Phi) is 6.33. The lowest BCUT2D eigenvalue weighted by molar-refractivity contribution is 0.719. The summed E-state index contributed by atoms with van der Waals surface area (Å²) in [5.41, 5.74) is 3.71. The molecule has 0 radical (unpaired) electrons. The third kappa shape index (κ3) is 4.34. The molecule has 0 spiro atoms. The van der Waals surface area contributed by atoms with Crippen molar-refractivity contribution in [3.63, 3.8) is 0 Å². The van der Waals surface area contributed by atoms with Gasteiger partial charge in [0.25, 0.3) is 0 Å². The smallest absolute Gasteiger partial charge is 0.0767 e. The highest BCUT2D eigenvalue weighted by Gasteiger charge is 2.12. The third-order valence-corrected chi connectivity index (χ3v) is 5.32.